The molecule has 0 fully saturated rings. The Balaban J connectivity index is 3.10. The van der Waals surface area contributed by atoms with Crippen molar-refractivity contribution in [3.8, 4) is 0 Å². The van der Waals surface area contributed by atoms with Crippen LogP contribution >= 0.6 is 0 Å². The van der Waals surface area contributed by atoms with Crippen LogP contribution in [-0.2, 0) is 47.7 Å². The summed E-state index contributed by atoms with van der Waals surface area (Å²) < 4.78 is 24.0. The van der Waals surface area contributed by atoms with Gasteiger partial charge < -0.3 is 29.0 Å². The highest BCUT2D eigenvalue weighted by Crippen LogP contribution is 2.50. The van der Waals surface area contributed by atoms with Gasteiger partial charge in [0.05, 0.1) is 58.0 Å². The fourth-order valence-electron chi connectivity index (χ4n) is 3.45. The second kappa shape index (κ2) is 9.98. The number of ether oxygens (including phenoxy) is 5. The quantitative estimate of drug-likeness (QED) is 0.350. The SMILES string of the molecule is COC(=O)C1=C(Nc2ccc(C)cc2)C(C(=O)OC)(C(=O)OC)C(C(=O)OC)=C1C(=O)OC. The van der Waals surface area contributed by atoms with Crippen LogP contribution in [0.4, 0.5) is 5.69 Å². The largest absolute Gasteiger partial charge is 0.468 e. The van der Waals surface area contributed by atoms with Gasteiger partial charge in [0.1, 0.15) is 0 Å². The van der Waals surface area contributed by atoms with Crippen LogP contribution in [0.2, 0.25) is 0 Å². The van der Waals surface area contributed by atoms with Gasteiger partial charge in [-0.25, -0.2) is 14.4 Å². The van der Waals surface area contributed by atoms with Gasteiger partial charge in [0.2, 0.25) is 5.41 Å². The molecule has 11 nitrogen and oxygen atoms in total. The van der Waals surface area contributed by atoms with E-state index in [-0.39, 0.29) is 0 Å². The minimum atomic E-state index is -2.73. The molecule has 0 unspecified atom stereocenters. The Labute approximate surface area is 189 Å². The molecule has 0 amide bonds. The van der Waals surface area contributed by atoms with Gasteiger partial charge in [-0.2, -0.15) is 0 Å². The van der Waals surface area contributed by atoms with E-state index >= 15 is 0 Å². The van der Waals surface area contributed by atoms with Gasteiger partial charge in [-0.15, -0.1) is 0 Å². The topological polar surface area (TPSA) is 144 Å². The molecule has 0 atom stereocenters. The number of hydrogen-bond acceptors (Lipinski definition) is 11. The van der Waals surface area contributed by atoms with Gasteiger partial charge in [-0.05, 0) is 19.1 Å². The fourth-order valence-corrected chi connectivity index (χ4v) is 3.45. The average Bonchev–Trinajstić information content (AvgIpc) is 3.14. The molecule has 0 bridgehead atoms. The smallest absolute Gasteiger partial charge is 0.340 e. The predicted octanol–water partition coefficient (Wildman–Crippen LogP) is 0.823. The summed E-state index contributed by atoms with van der Waals surface area (Å²) in [5.41, 5.74) is -4.13. The van der Waals surface area contributed by atoms with Crippen molar-refractivity contribution in [2.24, 2.45) is 5.41 Å². The minimum absolute atomic E-state index is 0.310. The van der Waals surface area contributed by atoms with E-state index in [1.807, 2.05) is 6.92 Å². The molecular weight excluding hydrogens is 438 g/mol. The summed E-state index contributed by atoms with van der Waals surface area (Å²) in [6.07, 6.45) is 0. The Morgan fingerprint density at radius 3 is 1.55 bits per heavy atom. The van der Waals surface area contributed by atoms with Crippen molar-refractivity contribution < 1.29 is 47.7 Å². The van der Waals surface area contributed by atoms with Gasteiger partial charge in [0.15, 0.2) is 0 Å². The second-order valence-corrected chi connectivity index (χ2v) is 6.70. The summed E-state index contributed by atoms with van der Waals surface area (Å²) >= 11 is 0. The molecule has 1 N–H and O–H groups in total. The molecule has 176 valence electrons. The summed E-state index contributed by atoms with van der Waals surface area (Å²) in [5, 5.41) is 2.79. The number of carbonyl (C=O) groups excluding carboxylic acids is 5. The van der Waals surface area contributed by atoms with Gasteiger partial charge in [-0.1, -0.05) is 17.7 Å². The van der Waals surface area contributed by atoms with Crippen LogP contribution in [0.3, 0.4) is 0 Å². The summed E-state index contributed by atoms with van der Waals surface area (Å²) in [7, 11) is 4.88. The summed E-state index contributed by atoms with van der Waals surface area (Å²) in [4.78, 5) is 64.9. The number of benzene rings is 1. The molecule has 0 aromatic heterocycles. The van der Waals surface area contributed by atoms with Crippen LogP contribution in [-0.4, -0.2) is 65.4 Å². The van der Waals surface area contributed by atoms with E-state index < -0.39 is 57.7 Å². The molecule has 0 saturated carbocycles. The number of nitrogens with one attached hydrogen (secondary N) is 1. The molecule has 1 aliphatic carbocycles. The number of anilines is 1. The van der Waals surface area contributed by atoms with E-state index in [1.54, 1.807) is 24.3 Å². The predicted molar refractivity (Wildman–Crippen MR) is 111 cm³/mol. The van der Waals surface area contributed by atoms with E-state index in [4.69, 9.17) is 23.7 Å². The lowest BCUT2D eigenvalue weighted by atomic mass is 9.78. The first kappa shape index (κ1) is 25.1. The number of carbonyl (C=O) groups is 5. The van der Waals surface area contributed by atoms with Gasteiger partial charge in [0, 0.05) is 5.69 Å². The van der Waals surface area contributed by atoms with Gasteiger partial charge >= 0.3 is 29.8 Å². The van der Waals surface area contributed by atoms with Crippen LogP contribution in [0.1, 0.15) is 5.56 Å². The van der Waals surface area contributed by atoms with Crippen molar-refractivity contribution in [1.82, 2.24) is 0 Å². The molecule has 11 heteroatoms. The third-order valence-electron chi connectivity index (χ3n) is 4.97. The zero-order valence-electron chi connectivity index (χ0n) is 18.9. The molecule has 0 heterocycles. The third-order valence-corrected chi connectivity index (χ3v) is 4.97. The van der Waals surface area contributed by atoms with Crippen molar-refractivity contribution in [2.75, 3.05) is 40.9 Å². The molecule has 0 radical (unpaired) electrons. The number of hydrogen-bond donors (Lipinski definition) is 1. The highest BCUT2D eigenvalue weighted by atomic mass is 16.6. The molecule has 0 spiro atoms. The number of rotatable bonds is 7. The van der Waals surface area contributed by atoms with Crippen LogP contribution in [0.15, 0.2) is 46.7 Å². The maximum atomic E-state index is 13.2. The molecule has 1 aromatic rings. The molecule has 1 aliphatic rings. The zero-order valence-corrected chi connectivity index (χ0v) is 18.9. The van der Waals surface area contributed by atoms with E-state index in [0.29, 0.717) is 5.69 Å². The Hall–Kier alpha value is -4.15. The van der Waals surface area contributed by atoms with Crippen molar-refractivity contribution in [3.63, 3.8) is 0 Å². The summed E-state index contributed by atoms with van der Waals surface area (Å²) in [5.74, 6) is -6.24. The highest BCUT2D eigenvalue weighted by Gasteiger charge is 2.65. The Morgan fingerprint density at radius 1 is 0.667 bits per heavy atom. The highest BCUT2D eigenvalue weighted by molar-refractivity contribution is 6.25. The van der Waals surface area contributed by atoms with Crippen molar-refractivity contribution >= 4 is 35.5 Å². The minimum Gasteiger partial charge on any atom is -0.468 e. The second-order valence-electron chi connectivity index (χ2n) is 6.70. The van der Waals surface area contributed by atoms with E-state index in [0.717, 1.165) is 41.1 Å². The number of esters is 5. The molecule has 0 aliphatic heterocycles. The Bertz CT molecular complexity index is 1050. The first-order valence-corrected chi connectivity index (χ1v) is 9.40. The first-order valence-electron chi connectivity index (χ1n) is 9.40. The van der Waals surface area contributed by atoms with Crippen molar-refractivity contribution in [3.05, 3.63) is 52.2 Å². The van der Waals surface area contributed by atoms with Crippen LogP contribution < -0.4 is 5.32 Å². The summed E-state index contributed by atoms with van der Waals surface area (Å²) in [6.45, 7) is 1.83. The monoisotopic (exact) mass is 461 g/mol. The molecule has 33 heavy (non-hydrogen) atoms. The third kappa shape index (κ3) is 4.04. The molecule has 1 aromatic carbocycles. The van der Waals surface area contributed by atoms with Crippen molar-refractivity contribution in [2.45, 2.75) is 6.92 Å². The fraction of sp³-hybridized carbons (Fsp3) is 0.318. The maximum Gasteiger partial charge on any atom is 0.340 e. The van der Waals surface area contributed by atoms with Crippen LogP contribution in [0.25, 0.3) is 0 Å². The lowest BCUT2D eigenvalue weighted by molar-refractivity contribution is -0.165. The molecular formula is C22H23NO10. The van der Waals surface area contributed by atoms with E-state index in [9.17, 15) is 24.0 Å². The van der Waals surface area contributed by atoms with E-state index in [2.05, 4.69) is 5.32 Å². The number of methoxy groups -OCH3 is 5. The van der Waals surface area contributed by atoms with E-state index in [1.165, 1.54) is 0 Å². The zero-order chi connectivity index (χ0) is 24.9. The maximum absolute atomic E-state index is 13.2. The lowest BCUT2D eigenvalue weighted by Gasteiger charge is -2.29. The molecule has 2 rings (SSSR count). The van der Waals surface area contributed by atoms with Crippen molar-refractivity contribution in [1.29, 1.82) is 0 Å². The molecule has 0 saturated heterocycles. The number of aryl methyl sites for hydroxylation is 1. The van der Waals surface area contributed by atoms with Crippen LogP contribution in [0, 0.1) is 12.3 Å². The normalized spacial score (nSPS) is 14.4. The van der Waals surface area contributed by atoms with Crippen LogP contribution in [0.5, 0.6) is 0 Å². The van der Waals surface area contributed by atoms with Gasteiger partial charge in [0.25, 0.3) is 0 Å². The Kier molecular flexibility index (Phi) is 7.60. The lowest BCUT2D eigenvalue weighted by Crippen LogP contribution is -2.47. The first-order chi connectivity index (χ1) is 15.6. The standard InChI is InChI=1S/C22H23NO10/c1-11-7-9-12(10-8-11)23-16-14(18(25)30-3)13(17(24)29-2)15(19(26)31-4)22(16,20(27)32-5)21(28)33-6/h7-10,23H,1-6H3. The Morgan fingerprint density at radius 2 is 1.12 bits per heavy atom. The average molecular weight is 461 g/mol. The van der Waals surface area contributed by atoms with Gasteiger partial charge in [-0.3, -0.25) is 9.59 Å². The summed E-state index contributed by atoms with van der Waals surface area (Å²) in [6, 6.07) is 6.60.